The van der Waals surface area contributed by atoms with Crippen molar-refractivity contribution >= 4 is 49.7 Å². The van der Waals surface area contributed by atoms with Crippen LogP contribution in [0.3, 0.4) is 0 Å². The van der Waals surface area contributed by atoms with Gasteiger partial charge in [-0.05, 0) is 61.4 Å². The number of nitrogens with one attached hydrogen (secondary N) is 1. The van der Waals surface area contributed by atoms with Crippen LogP contribution in [0.2, 0.25) is 0 Å². The maximum absolute atomic E-state index is 13.1. The molecule has 0 bridgehead atoms. The summed E-state index contributed by atoms with van der Waals surface area (Å²) < 4.78 is 12.6. The van der Waals surface area contributed by atoms with Crippen molar-refractivity contribution in [2.45, 2.75) is 13.8 Å². The van der Waals surface area contributed by atoms with Crippen LogP contribution in [0.5, 0.6) is 0 Å². The lowest BCUT2D eigenvalue weighted by atomic mass is 9.94. The first-order chi connectivity index (χ1) is 16.8. The first kappa shape index (κ1) is 22.9. The fourth-order valence-corrected chi connectivity index (χ4v) is 4.93. The lowest BCUT2D eigenvalue weighted by molar-refractivity contribution is 0.0549. The van der Waals surface area contributed by atoms with Gasteiger partial charge >= 0.3 is 11.9 Å². The molecule has 0 radical (unpaired) electrons. The van der Waals surface area contributed by atoms with E-state index >= 15 is 0 Å². The van der Waals surface area contributed by atoms with Crippen LogP contribution in [-0.2, 0) is 9.47 Å². The number of fused-ring (bicyclic) bond motifs is 3. The van der Waals surface area contributed by atoms with Gasteiger partial charge in [0.05, 0.1) is 19.9 Å². The minimum absolute atomic E-state index is 0.0133. The number of ether oxygens (including phenoxy) is 2. The number of hydrogen-bond donors (Lipinski definition) is 1. The highest BCUT2D eigenvalue weighted by Crippen LogP contribution is 2.39. The minimum Gasteiger partial charge on any atom is -0.465 e. The number of methoxy groups -OCH3 is 2. The van der Waals surface area contributed by atoms with Crippen LogP contribution in [0.25, 0.3) is 38.8 Å². The summed E-state index contributed by atoms with van der Waals surface area (Å²) in [5, 5.41) is 6.85. The predicted molar refractivity (Wildman–Crippen MR) is 138 cm³/mol. The second kappa shape index (κ2) is 8.70. The van der Waals surface area contributed by atoms with Gasteiger partial charge in [-0.2, -0.15) is 5.10 Å². The minimum atomic E-state index is -0.681. The van der Waals surface area contributed by atoms with E-state index in [1.165, 1.54) is 18.9 Å². The quantitative estimate of drug-likeness (QED) is 0.282. The van der Waals surface area contributed by atoms with E-state index in [0.717, 1.165) is 43.0 Å². The molecule has 7 nitrogen and oxygen atoms in total. The Morgan fingerprint density at radius 2 is 1.69 bits per heavy atom. The third-order valence-electron chi connectivity index (χ3n) is 6.20. The number of carbonyl (C=O) groups excluding carboxylic acids is 2. The summed E-state index contributed by atoms with van der Waals surface area (Å²) in [4.78, 5) is 29.5. The van der Waals surface area contributed by atoms with Crippen molar-refractivity contribution in [3.8, 4) is 16.9 Å². The van der Waals surface area contributed by atoms with Gasteiger partial charge in [0.25, 0.3) is 0 Å². The molecule has 0 spiro atoms. The van der Waals surface area contributed by atoms with Crippen molar-refractivity contribution < 1.29 is 19.1 Å². The number of carbonyl (C=O) groups is 2. The maximum Gasteiger partial charge on any atom is 0.357 e. The fourth-order valence-electron chi connectivity index (χ4n) is 4.57. The number of aryl methyl sites for hydroxylation is 2. The van der Waals surface area contributed by atoms with E-state index in [4.69, 9.17) is 14.6 Å². The summed E-state index contributed by atoms with van der Waals surface area (Å²) >= 11 is 3.57. The molecular weight excluding hydrogens is 510 g/mol. The lowest BCUT2D eigenvalue weighted by Gasteiger charge is -2.10. The van der Waals surface area contributed by atoms with E-state index in [1.54, 1.807) is 0 Å². The first-order valence-corrected chi connectivity index (χ1v) is 11.7. The number of H-pyrrole nitrogens is 1. The van der Waals surface area contributed by atoms with Gasteiger partial charge < -0.3 is 14.5 Å². The molecule has 0 saturated carbocycles. The Balaban J connectivity index is 1.90. The molecule has 0 aliphatic rings. The molecule has 176 valence electrons. The van der Waals surface area contributed by atoms with E-state index in [-0.39, 0.29) is 11.3 Å². The first-order valence-electron chi connectivity index (χ1n) is 10.9. The molecule has 0 aliphatic carbocycles. The van der Waals surface area contributed by atoms with E-state index in [1.807, 2.05) is 62.4 Å². The van der Waals surface area contributed by atoms with E-state index in [2.05, 4.69) is 27.0 Å². The van der Waals surface area contributed by atoms with Gasteiger partial charge in [-0.1, -0.05) is 34.1 Å². The Morgan fingerprint density at radius 1 is 0.971 bits per heavy atom. The summed E-state index contributed by atoms with van der Waals surface area (Å²) in [6, 6.07) is 17.2. The van der Waals surface area contributed by atoms with Crippen molar-refractivity contribution in [1.82, 2.24) is 14.8 Å². The zero-order valence-electron chi connectivity index (χ0n) is 19.6. The van der Waals surface area contributed by atoms with Crippen LogP contribution in [0.1, 0.15) is 32.0 Å². The third-order valence-corrected chi connectivity index (χ3v) is 6.70. The maximum atomic E-state index is 13.1. The molecule has 2 aromatic heterocycles. The highest BCUT2D eigenvalue weighted by Gasteiger charge is 2.32. The van der Waals surface area contributed by atoms with E-state index < -0.39 is 11.9 Å². The number of benzene rings is 3. The van der Waals surface area contributed by atoms with Crippen LogP contribution in [0.4, 0.5) is 0 Å². The van der Waals surface area contributed by atoms with Crippen molar-refractivity contribution in [2.24, 2.45) is 0 Å². The summed E-state index contributed by atoms with van der Waals surface area (Å²) in [5.41, 5.74) is 5.71. The standard InChI is InChI=1S/C27H22BrN3O4/c1-14-12-18(15(2)21-19-13-16(28)10-11-20(19)29-23(14)21)24-22(26(32)34-3)25(27(33)35-4)31(30-24)17-8-6-5-7-9-17/h5-13,29H,1-4H3. The molecule has 3 aromatic carbocycles. The molecule has 0 fully saturated rings. The molecule has 5 aromatic rings. The number of rotatable bonds is 4. The van der Waals surface area contributed by atoms with E-state index in [0.29, 0.717) is 11.4 Å². The van der Waals surface area contributed by atoms with Crippen molar-refractivity contribution in [1.29, 1.82) is 0 Å². The second-order valence-electron chi connectivity index (χ2n) is 8.23. The number of aromatic nitrogens is 3. The van der Waals surface area contributed by atoms with Crippen LogP contribution in [0.15, 0.2) is 59.1 Å². The van der Waals surface area contributed by atoms with Crippen LogP contribution in [0, 0.1) is 13.8 Å². The van der Waals surface area contributed by atoms with Crippen LogP contribution in [-0.4, -0.2) is 40.9 Å². The average molecular weight is 532 g/mol. The number of aromatic amines is 1. The Kier molecular flexibility index (Phi) is 5.68. The second-order valence-corrected chi connectivity index (χ2v) is 9.15. The van der Waals surface area contributed by atoms with Gasteiger partial charge in [0.1, 0.15) is 11.3 Å². The fraction of sp³-hybridized carbons (Fsp3) is 0.148. The molecule has 0 atom stereocenters. The highest BCUT2D eigenvalue weighted by molar-refractivity contribution is 9.10. The number of nitrogens with zero attached hydrogens (tertiary/aromatic N) is 2. The van der Waals surface area contributed by atoms with Gasteiger partial charge in [0.15, 0.2) is 5.69 Å². The van der Waals surface area contributed by atoms with Gasteiger partial charge in [-0.3, -0.25) is 0 Å². The lowest BCUT2D eigenvalue weighted by Crippen LogP contribution is -2.15. The number of esters is 2. The summed E-state index contributed by atoms with van der Waals surface area (Å²) in [7, 11) is 2.56. The molecule has 1 N–H and O–H groups in total. The molecule has 5 rings (SSSR count). The molecule has 35 heavy (non-hydrogen) atoms. The van der Waals surface area contributed by atoms with Gasteiger partial charge in [0.2, 0.25) is 0 Å². The van der Waals surface area contributed by atoms with Crippen molar-refractivity contribution in [3.63, 3.8) is 0 Å². The van der Waals surface area contributed by atoms with Gasteiger partial charge in [-0.25, -0.2) is 14.3 Å². The normalized spacial score (nSPS) is 11.2. The van der Waals surface area contributed by atoms with E-state index in [9.17, 15) is 9.59 Å². The topological polar surface area (TPSA) is 86.2 Å². The molecule has 0 amide bonds. The zero-order valence-corrected chi connectivity index (χ0v) is 21.2. The van der Waals surface area contributed by atoms with Gasteiger partial charge in [0, 0.05) is 31.8 Å². The number of hydrogen-bond acceptors (Lipinski definition) is 5. The zero-order chi connectivity index (χ0) is 24.9. The summed E-state index contributed by atoms with van der Waals surface area (Å²) in [6.07, 6.45) is 0. The Hall–Kier alpha value is -3.91. The molecule has 0 saturated heterocycles. The molecule has 2 heterocycles. The average Bonchev–Trinajstić information content (AvgIpc) is 3.45. The van der Waals surface area contributed by atoms with Gasteiger partial charge in [-0.15, -0.1) is 0 Å². The Morgan fingerprint density at radius 3 is 2.37 bits per heavy atom. The monoisotopic (exact) mass is 531 g/mol. The SMILES string of the molecule is COC(=O)c1c(-c2cc(C)c3[nH]c4ccc(Br)cc4c3c2C)nn(-c2ccccc2)c1C(=O)OC. The number of para-hydroxylation sites is 1. The predicted octanol–water partition coefficient (Wildman–Crippen LogP) is 6.13. The molecule has 0 unspecified atom stereocenters. The summed E-state index contributed by atoms with van der Waals surface area (Å²) in [6.45, 7) is 3.99. The largest absolute Gasteiger partial charge is 0.465 e. The van der Waals surface area contributed by atoms with Crippen LogP contribution >= 0.6 is 15.9 Å². The Labute approximate surface area is 209 Å². The van der Waals surface area contributed by atoms with Crippen LogP contribution < -0.4 is 0 Å². The van der Waals surface area contributed by atoms with Crippen molar-refractivity contribution in [2.75, 3.05) is 14.2 Å². The smallest absolute Gasteiger partial charge is 0.357 e. The third kappa shape index (κ3) is 3.61. The highest BCUT2D eigenvalue weighted by atomic mass is 79.9. The number of halogens is 1. The molecule has 0 aliphatic heterocycles. The van der Waals surface area contributed by atoms with Crippen molar-refractivity contribution in [3.05, 3.63) is 81.5 Å². The molecular formula is C27H22BrN3O4. The Bertz CT molecular complexity index is 1630. The summed E-state index contributed by atoms with van der Waals surface area (Å²) in [5.74, 6) is -1.35. The molecule has 8 heteroatoms.